The second-order valence-corrected chi connectivity index (χ2v) is 4.17. The molecule has 2 rings (SSSR count). The minimum Gasteiger partial charge on any atom is -0.307 e. The van der Waals surface area contributed by atoms with Gasteiger partial charge in [-0.15, -0.1) is 0 Å². The van der Waals surface area contributed by atoms with Gasteiger partial charge in [-0.3, -0.25) is 5.10 Å². The van der Waals surface area contributed by atoms with E-state index < -0.39 is 0 Å². The minimum atomic E-state index is -0.180. The number of nitrogens with zero attached hydrogens (tertiary/aromatic N) is 2. The number of rotatable bonds is 6. The first-order chi connectivity index (χ1) is 8.81. The van der Waals surface area contributed by atoms with Crippen molar-refractivity contribution in [2.24, 2.45) is 0 Å². The van der Waals surface area contributed by atoms with Crippen molar-refractivity contribution in [3.63, 3.8) is 0 Å². The van der Waals surface area contributed by atoms with Crippen molar-refractivity contribution >= 4 is 0 Å². The van der Waals surface area contributed by atoms with E-state index in [1.165, 1.54) is 12.4 Å². The molecule has 0 saturated heterocycles. The van der Waals surface area contributed by atoms with E-state index in [9.17, 15) is 4.39 Å². The molecule has 0 aliphatic carbocycles. The summed E-state index contributed by atoms with van der Waals surface area (Å²) in [6.07, 6.45) is 3.04. The zero-order valence-corrected chi connectivity index (χ0v) is 10.4. The average molecular weight is 248 g/mol. The van der Waals surface area contributed by atoms with Gasteiger partial charge in [0.2, 0.25) is 0 Å². The Morgan fingerprint density at radius 2 is 2.22 bits per heavy atom. The van der Waals surface area contributed by atoms with Gasteiger partial charge in [-0.05, 0) is 31.0 Å². The number of hydrogen-bond acceptors (Lipinski definition) is 3. The van der Waals surface area contributed by atoms with E-state index in [0.717, 1.165) is 18.8 Å². The van der Waals surface area contributed by atoms with Gasteiger partial charge in [0.15, 0.2) is 0 Å². The van der Waals surface area contributed by atoms with Crippen LogP contribution in [0.3, 0.4) is 0 Å². The molecule has 0 bridgehead atoms. The topological polar surface area (TPSA) is 53.6 Å². The quantitative estimate of drug-likeness (QED) is 0.824. The fourth-order valence-corrected chi connectivity index (χ4v) is 1.85. The smallest absolute Gasteiger partial charge is 0.141 e. The highest BCUT2D eigenvalue weighted by atomic mass is 19.1. The van der Waals surface area contributed by atoms with Gasteiger partial charge in [-0.25, -0.2) is 9.37 Å². The first kappa shape index (κ1) is 12.7. The van der Waals surface area contributed by atoms with Gasteiger partial charge in [0, 0.05) is 0 Å². The van der Waals surface area contributed by atoms with Crippen LogP contribution >= 0.6 is 0 Å². The summed E-state index contributed by atoms with van der Waals surface area (Å²) in [5.41, 5.74) is 0.683. The zero-order chi connectivity index (χ0) is 12.8. The van der Waals surface area contributed by atoms with Crippen LogP contribution in [0.5, 0.6) is 0 Å². The maximum absolute atomic E-state index is 13.6. The summed E-state index contributed by atoms with van der Waals surface area (Å²) in [5.74, 6) is 0.562. The maximum Gasteiger partial charge on any atom is 0.141 e. The van der Waals surface area contributed by atoms with E-state index in [-0.39, 0.29) is 11.9 Å². The molecule has 0 radical (unpaired) electrons. The second-order valence-electron chi connectivity index (χ2n) is 4.17. The third kappa shape index (κ3) is 3.13. The van der Waals surface area contributed by atoms with E-state index in [2.05, 4.69) is 27.4 Å². The normalized spacial score (nSPS) is 12.6. The molecule has 0 spiro atoms. The molecule has 1 atom stereocenters. The Kier molecular flexibility index (Phi) is 4.41. The molecular formula is C13H17FN4. The summed E-state index contributed by atoms with van der Waals surface area (Å²) in [5, 5.41) is 10.0. The van der Waals surface area contributed by atoms with Crippen LogP contribution < -0.4 is 5.32 Å². The molecule has 2 aromatic rings. The van der Waals surface area contributed by atoms with Crippen LogP contribution in [-0.4, -0.2) is 21.7 Å². The van der Waals surface area contributed by atoms with Gasteiger partial charge in [0.1, 0.15) is 18.0 Å². The molecule has 0 fully saturated rings. The van der Waals surface area contributed by atoms with Crippen molar-refractivity contribution in [2.45, 2.75) is 25.8 Å². The number of hydrogen-bond donors (Lipinski definition) is 2. The lowest BCUT2D eigenvalue weighted by atomic mass is 10.0. The van der Waals surface area contributed by atoms with Gasteiger partial charge in [-0.1, -0.05) is 25.1 Å². The Bertz CT molecular complexity index is 470. The Balaban J connectivity index is 2.13. The van der Waals surface area contributed by atoms with Crippen LogP contribution in [0.15, 0.2) is 30.6 Å². The Hall–Kier alpha value is -1.75. The lowest BCUT2D eigenvalue weighted by Gasteiger charge is -2.16. The standard InChI is InChI=1S/C13H17FN4/c1-2-7-15-12(13-16-9-17-18-13)8-10-5-3-4-6-11(10)14/h3-6,9,12,15H,2,7-8H2,1H3,(H,16,17,18). The summed E-state index contributed by atoms with van der Waals surface area (Å²) < 4.78 is 13.6. The monoisotopic (exact) mass is 248 g/mol. The fourth-order valence-electron chi connectivity index (χ4n) is 1.85. The molecule has 0 aliphatic heterocycles. The second kappa shape index (κ2) is 6.26. The predicted molar refractivity (Wildman–Crippen MR) is 67.5 cm³/mol. The van der Waals surface area contributed by atoms with Crippen LogP contribution in [0.4, 0.5) is 4.39 Å². The summed E-state index contributed by atoms with van der Waals surface area (Å²) in [7, 11) is 0. The minimum absolute atomic E-state index is 0.0376. The van der Waals surface area contributed by atoms with Gasteiger partial charge in [-0.2, -0.15) is 5.10 Å². The third-order valence-corrected chi connectivity index (χ3v) is 2.79. The first-order valence-electron chi connectivity index (χ1n) is 6.13. The van der Waals surface area contributed by atoms with Crippen LogP contribution in [-0.2, 0) is 6.42 Å². The van der Waals surface area contributed by atoms with Crippen LogP contribution in [0.2, 0.25) is 0 Å². The SMILES string of the molecule is CCCNC(Cc1ccccc1F)c1ncn[nH]1. The van der Waals surface area contributed by atoms with Crippen molar-refractivity contribution in [1.29, 1.82) is 0 Å². The molecule has 96 valence electrons. The van der Waals surface area contributed by atoms with Crippen LogP contribution in [0.1, 0.15) is 30.8 Å². The molecule has 18 heavy (non-hydrogen) atoms. The highest BCUT2D eigenvalue weighted by Crippen LogP contribution is 2.17. The van der Waals surface area contributed by atoms with Crippen LogP contribution in [0.25, 0.3) is 0 Å². The van der Waals surface area contributed by atoms with E-state index in [1.54, 1.807) is 12.1 Å². The van der Waals surface area contributed by atoms with E-state index in [4.69, 9.17) is 0 Å². The molecule has 1 aromatic heterocycles. The molecule has 0 saturated carbocycles. The third-order valence-electron chi connectivity index (χ3n) is 2.79. The number of nitrogens with one attached hydrogen (secondary N) is 2. The lowest BCUT2D eigenvalue weighted by molar-refractivity contribution is 0.493. The van der Waals surface area contributed by atoms with Gasteiger partial charge >= 0.3 is 0 Å². The summed E-state index contributed by atoms with van der Waals surface area (Å²) >= 11 is 0. The number of H-pyrrole nitrogens is 1. The summed E-state index contributed by atoms with van der Waals surface area (Å²) in [6, 6.07) is 6.78. The number of aromatic nitrogens is 3. The molecule has 1 heterocycles. The molecule has 5 heteroatoms. The van der Waals surface area contributed by atoms with Crippen molar-refractivity contribution in [3.05, 3.63) is 47.8 Å². The summed E-state index contributed by atoms with van der Waals surface area (Å²) in [6.45, 7) is 2.95. The van der Waals surface area contributed by atoms with Gasteiger partial charge in [0.25, 0.3) is 0 Å². The van der Waals surface area contributed by atoms with Crippen molar-refractivity contribution in [2.75, 3.05) is 6.54 Å². The Labute approximate surface area is 106 Å². The highest BCUT2D eigenvalue weighted by molar-refractivity contribution is 5.19. The van der Waals surface area contributed by atoms with Crippen molar-refractivity contribution in [1.82, 2.24) is 20.5 Å². The molecule has 0 aliphatic rings. The number of aromatic amines is 1. The maximum atomic E-state index is 13.6. The number of halogens is 1. The Morgan fingerprint density at radius 3 is 2.89 bits per heavy atom. The van der Waals surface area contributed by atoms with E-state index >= 15 is 0 Å². The van der Waals surface area contributed by atoms with Crippen LogP contribution in [0, 0.1) is 5.82 Å². The Morgan fingerprint density at radius 1 is 1.39 bits per heavy atom. The highest BCUT2D eigenvalue weighted by Gasteiger charge is 2.16. The van der Waals surface area contributed by atoms with Gasteiger partial charge < -0.3 is 5.32 Å². The van der Waals surface area contributed by atoms with Crippen molar-refractivity contribution in [3.8, 4) is 0 Å². The van der Waals surface area contributed by atoms with Gasteiger partial charge in [0.05, 0.1) is 6.04 Å². The van der Waals surface area contributed by atoms with E-state index in [1.807, 2.05) is 6.07 Å². The number of benzene rings is 1. The molecule has 1 aromatic carbocycles. The van der Waals surface area contributed by atoms with E-state index in [0.29, 0.717) is 12.0 Å². The molecule has 0 amide bonds. The average Bonchev–Trinajstić information content (AvgIpc) is 2.90. The predicted octanol–water partition coefficient (Wildman–Crippen LogP) is 2.23. The zero-order valence-electron chi connectivity index (χ0n) is 10.4. The summed E-state index contributed by atoms with van der Waals surface area (Å²) in [4.78, 5) is 4.14. The fraction of sp³-hybridized carbons (Fsp3) is 0.385. The van der Waals surface area contributed by atoms with Crippen molar-refractivity contribution < 1.29 is 4.39 Å². The molecule has 2 N–H and O–H groups in total. The largest absolute Gasteiger partial charge is 0.307 e. The molecule has 1 unspecified atom stereocenters. The lowest BCUT2D eigenvalue weighted by Crippen LogP contribution is -2.25. The molecular weight excluding hydrogens is 231 g/mol. The first-order valence-corrected chi connectivity index (χ1v) is 6.13. The molecule has 4 nitrogen and oxygen atoms in total.